The highest BCUT2D eigenvalue weighted by atomic mass is 16.2. The van der Waals surface area contributed by atoms with Gasteiger partial charge in [-0.1, -0.05) is 6.42 Å². The van der Waals surface area contributed by atoms with Gasteiger partial charge in [0.15, 0.2) is 0 Å². The van der Waals surface area contributed by atoms with Crippen LogP contribution in [0.3, 0.4) is 0 Å². The Kier molecular flexibility index (Phi) is 4.33. The molecule has 0 aromatic carbocycles. The Morgan fingerprint density at radius 3 is 2.09 bits per heavy atom. The fourth-order valence-electron chi connectivity index (χ4n) is 5.44. The van der Waals surface area contributed by atoms with Gasteiger partial charge in [0, 0.05) is 34.9 Å². The minimum atomic E-state index is 0.0404. The molecule has 2 bridgehead atoms. The molecule has 1 aliphatic heterocycles. The predicted molar refractivity (Wildman–Crippen MR) is 91.0 cm³/mol. The summed E-state index contributed by atoms with van der Waals surface area (Å²) in [7, 11) is 0. The fourth-order valence-corrected chi connectivity index (χ4v) is 5.44. The molecule has 3 fully saturated rings. The van der Waals surface area contributed by atoms with Crippen LogP contribution in [-0.2, 0) is 9.59 Å². The molecule has 2 N–H and O–H groups in total. The van der Waals surface area contributed by atoms with Gasteiger partial charge in [-0.2, -0.15) is 0 Å². The minimum absolute atomic E-state index is 0.0404. The number of fused-ring (bicyclic) bond motifs is 2. The summed E-state index contributed by atoms with van der Waals surface area (Å²) in [5.41, 5.74) is 0.0808. The maximum absolute atomic E-state index is 12.8. The van der Waals surface area contributed by atoms with Crippen LogP contribution in [0.25, 0.3) is 0 Å². The minimum Gasteiger partial charge on any atom is -0.353 e. The van der Waals surface area contributed by atoms with Crippen molar-refractivity contribution in [3.05, 3.63) is 0 Å². The Bertz CT molecular complexity index is 466. The Balaban J connectivity index is 1.62. The topological polar surface area (TPSA) is 58.2 Å². The molecule has 1 saturated heterocycles. The SMILES string of the molecule is CC1(C)CC(NC(=O)C2C[C@@H]3CCC[C@@H](C2)C3=O)CC(C)(C)N1. The third kappa shape index (κ3) is 3.78. The van der Waals surface area contributed by atoms with Crippen molar-refractivity contribution < 1.29 is 9.59 Å². The Hall–Kier alpha value is -0.900. The number of hydrogen-bond acceptors (Lipinski definition) is 3. The molecule has 4 nitrogen and oxygen atoms in total. The molecular formula is C19H32N2O2. The first kappa shape index (κ1) is 16.9. The molecule has 0 spiro atoms. The van der Waals surface area contributed by atoms with Gasteiger partial charge in [0.2, 0.25) is 5.91 Å². The maximum Gasteiger partial charge on any atom is 0.223 e. The summed E-state index contributed by atoms with van der Waals surface area (Å²) in [5.74, 6) is 0.972. The van der Waals surface area contributed by atoms with Crippen molar-refractivity contribution in [3.8, 4) is 0 Å². The van der Waals surface area contributed by atoms with E-state index in [1.807, 2.05) is 0 Å². The fraction of sp³-hybridized carbons (Fsp3) is 0.895. The number of carbonyl (C=O) groups excluding carboxylic acids is 2. The van der Waals surface area contributed by atoms with Crippen molar-refractivity contribution in [3.63, 3.8) is 0 Å². The number of amides is 1. The van der Waals surface area contributed by atoms with Crippen LogP contribution in [0.2, 0.25) is 0 Å². The van der Waals surface area contributed by atoms with Gasteiger partial charge >= 0.3 is 0 Å². The van der Waals surface area contributed by atoms with Gasteiger partial charge in [0.05, 0.1) is 0 Å². The molecule has 1 heterocycles. The third-order valence-corrected chi connectivity index (χ3v) is 5.96. The summed E-state index contributed by atoms with van der Waals surface area (Å²) in [6.07, 6.45) is 6.62. The highest BCUT2D eigenvalue weighted by Gasteiger charge is 2.43. The number of Topliss-reactive ketones (excluding diaryl/α,β-unsaturated/α-hetero) is 1. The van der Waals surface area contributed by atoms with Gasteiger partial charge in [0.1, 0.15) is 5.78 Å². The molecular weight excluding hydrogens is 288 g/mol. The van der Waals surface area contributed by atoms with E-state index in [9.17, 15) is 9.59 Å². The zero-order valence-electron chi connectivity index (χ0n) is 15.1. The number of nitrogens with one attached hydrogen (secondary N) is 2. The van der Waals surface area contributed by atoms with Crippen molar-refractivity contribution in [2.45, 2.75) is 89.8 Å². The number of hydrogen-bond donors (Lipinski definition) is 2. The first-order valence-corrected chi connectivity index (χ1v) is 9.29. The molecule has 2 atom stereocenters. The van der Waals surface area contributed by atoms with Crippen LogP contribution in [0.5, 0.6) is 0 Å². The molecule has 3 rings (SSSR count). The number of piperidine rings is 1. The Morgan fingerprint density at radius 1 is 1.04 bits per heavy atom. The monoisotopic (exact) mass is 320 g/mol. The van der Waals surface area contributed by atoms with Crippen LogP contribution in [-0.4, -0.2) is 28.8 Å². The van der Waals surface area contributed by atoms with Crippen molar-refractivity contribution in [2.24, 2.45) is 17.8 Å². The lowest BCUT2D eigenvalue weighted by Crippen LogP contribution is -2.62. The Labute approximate surface area is 140 Å². The van der Waals surface area contributed by atoms with Crippen molar-refractivity contribution in [1.82, 2.24) is 10.6 Å². The average molecular weight is 320 g/mol. The van der Waals surface area contributed by atoms with Crippen molar-refractivity contribution in [1.29, 1.82) is 0 Å². The van der Waals surface area contributed by atoms with Crippen LogP contribution in [0, 0.1) is 17.8 Å². The van der Waals surface area contributed by atoms with Crippen molar-refractivity contribution in [2.75, 3.05) is 0 Å². The second kappa shape index (κ2) is 5.87. The van der Waals surface area contributed by atoms with Crippen LogP contribution >= 0.6 is 0 Å². The van der Waals surface area contributed by atoms with E-state index in [-0.39, 0.29) is 40.8 Å². The standard InChI is InChI=1S/C19H32N2O2/c1-18(2)10-15(11-19(3,4)21-18)20-17(23)14-8-12-6-5-7-13(9-14)16(12)22/h12-15,21H,5-11H2,1-4H3,(H,20,23)/t12-,13-/m0/s1. The number of ketones is 1. The molecule has 0 unspecified atom stereocenters. The molecule has 0 aromatic rings. The quantitative estimate of drug-likeness (QED) is 0.822. The predicted octanol–water partition coefficient (Wildman–Crippen LogP) is 2.81. The van der Waals surface area contributed by atoms with E-state index in [0.29, 0.717) is 5.78 Å². The van der Waals surface area contributed by atoms with Crippen LogP contribution in [0.1, 0.15) is 72.6 Å². The average Bonchev–Trinajstić information content (AvgIpc) is 2.33. The molecule has 130 valence electrons. The second-order valence-corrected chi connectivity index (χ2v) is 9.40. The van der Waals surface area contributed by atoms with E-state index in [4.69, 9.17) is 0 Å². The van der Waals surface area contributed by atoms with Gasteiger partial charge < -0.3 is 10.6 Å². The molecule has 0 radical (unpaired) electrons. The van der Waals surface area contributed by atoms with Gasteiger partial charge in [-0.25, -0.2) is 0 Å². The van der Waals surface area contributed by atoms with E-state index in [1.54, 1.807) is 0 Å². The molecule has 2 aliphatic carbocycles. The highest BCUT2D eigenvalue weighted by Crippen LogP contribution is 2.40. The summed E-state index contributed by atoms with van der Waals surface area (Å²) < 4.78 is 0. The largest absolute Gasteiger partial charge is 0.353 e. The zero-order valence-corrected chi connectivity index (χ0v) is 15.1. The van der Waals surface area contributed by atoms with Gasteiger partial charge in [-0.3, -0.25) is 9.59 Å². The van der Waals surface area contributed by atoms with Crippen LogP contribution < -0.4 is 10.6 Å². The van der Waals surface area contributed by atoms with Crippen LogP contribution in [0.4, 0.5) is 0 Å². The summed E-state index contributed by atoms with van der Waals surface area (Å²) >= 11 is 0. The smallest absolute Gasteiger partial charge is 0.223 e. The molecule has 1 amide bonds. The van der Waals surface area contributed by atoms with Crippen molar-refractivity contribution >= 4 is 11.7 Å². The first-order valence-electron chi connectivity index (χ1n) is 9.29. The maximum atomic E-state index is 12.8. The Morgan fingerprint density at radius 2 is 1.57 bits per heavy atom. The molecule has 4 heteroatoms. The van der Waals surface area contributed by atoms with E-state index < -0.39 is 0 Å². The van der Waals surface area contributed by atoms with Crippen LogP contribution in [0.15, 0.2) is 0 Å². The lowest BCUT2D eigenvalue weighted by molar-refractivity contribution is -0.138. The summed E-state index contributed by atoms with van der Waals surface area (Å²) in [5, 5.41) is 6.97. The van der Waals surface area contributed by atoms with Gasteiger partial charge in [0.25, 0.3) is 0 Å². The van der Waals surface area contributed by atoms with Gasteiger partial charge in [-0.05, 0) is 66.2 Å². The first-order chi connectivity index (χ1) is 10.7. The molecule has 0 aromatic heterocycles. The lowest BCUT2D eigenvalue weighted by Gasteiger charge is -2.47. The molecule has 23 heavy (non-hydrogen) atoms. The molecule has 2 saturated carbocycles. The van der Waals surface area contributed by atoms with Gasteiger partial charge in [-0.15, -0.1) is 0 Å². The zero-order chi connectivity index (χ0) is 16.8. The molecule has 3 aliphatic rings. The van der Waals surface area contributed by atoms with E-state index in [2.05, 4.69) is 38.3 Å². The number of carbonyl (C=O) groups is 2. The lowest BCUT2D eigenvalue weighted by atomic mass is 9.67. The van der Waals surface area contributed by atoms with E-state index in [0.717, 1.165) is 44.9 Å². The number of rotatable bonds is 2. The second-order valence-electron chi connectivity index (χ2n) is 9.40. The third-order valence-electron chi connectivity index (χ3n) is 5.96. The summed E-state index contributed by atoms with van der Waals surface area (Å²) in [6, 6.07) is 0.228. The highest BCUT2D eigenvalue weighted by molar-refractivity contribution is 5.88. The summed E-state index contributed by atoms with van der Waals surface area (Å²) in [6.45, 7) is 8.82. The van der Waals surface area contributed by atoms with E-state index >= 15 is 0 Å². The van der Waals surface area contributed by atoms with E-state index in [1.165, 1.54) is 0 Å². The summed E-state index contributed by atoms with van der Waals surface area (Å²) in [4.78, 5) is 25.0. The normalized spacial score (nSPS) is 36.5.